The van der Waals surface area contributed by atoms with Crippen molar-refractivity contribution in [2.75, 3.05) is 5.32 Å². The first kappa shape index (κ1) is 22.3. The van der Waals surface area contributed by atoms with E-state index in [-0.39, 0.29) is 10.8 Å². The molecule has 0 aliphatic carbocycles. The Morgan fingerprint density at radius 3 is 2.29 bits per heavy atom. The number of sulfonamides is 1. The third-order valence-electron chi connectivity index (χ3n) is 4.85. The van der Waals surface area contributed by atoms with Crippen LogP contribution in [0.2, 0.25) is 0 Å². The molecule has 3 rings (SSSR count). The van der Waals surface area contributed by atoms with Gasteiger partial charge < -0.3 is 9.73 Å². The van der Waals surface area contributed by atoms with Gasteiger partial charge in [0.2, 0.25) is 0 Å². The molecule has 2 N–H and O–H groups in total. The van der Waals surface area contributed by atoms with Gasteiger partial charge in [0.05, 0.1) is 22.4 Å². The summed E-state index contributed by atoms with van der Waals surface area (Å²) in [5, 5.41) is 6.89. The van der Waals surface area contributed by atoms with Crippen LogP contribution in [0.15, 0.2) is 63.1 Å². The van der Waals surface area contributed by atoms with Gasteiger partial charge in [0.25, 0.3) is 15.9 Å². The summed E-state index contributed by atoms with van der Waals surface area (Å²) < 4.78 is 30.8. The quantitative estimate of drug-likeness (QED) is 0.437. The normalized spacial score (nSPS) is 12.0. The van der Waals surface area contributed by atoms with Crippen LogP contribution in [-0.2, 0) is 10.0 Å². The zero-order valence-corrected chi connectivity index (χ0v) is 18.9. The van der Waals surface area contributed by atoms with Crippen molar-refractivity contribution in [2.45, 2.75) is 39.5 Å². The lowest BCUT2D eigenvalue weighted by atomic mass is 10.1. The third kappa shape index (κ3) is 5.03. The van der Waals surface area contributed by atoms with Crippen LogP contribution < -0.4 is 10.1 Å². The minimum atomic E-state index is -3.82. The summed E-state index contributed by atoms with van der Waals surface area (Å²) >= 11 is 0. The average molecular weight is 440 g/mol. The summed E-state index contributed by atoms with van der Waals surface area (Å²) in [5.41, 5.74) is 4.47. The summed E-state index contributed by atoms with van der Waals surface area (Å²) in [4.78, 5) is 14.9. The highest BCUT2D eigenvalue weighted by molar-refractivity contribution is 7.89. The van der Waals surface area contributed by atoms with E-state index in [4.69, 9.17) is 4.42 Å². The number of amides is 1. The van der Waals surface area contributed by atoms with E-state index >= 15 is 0 Å². The molecule has 1 aromatic heterocycles. The van der Waals surface area contributed by atoms with Gasteiger partial charge in [-0.1, -0.05) is 29.8 Å². The number of carbonyl (C=O) groups is 1. The number of nitrogens with zero attached hydrogens (tertiary/aromatic N) is 1. The number of carbonyl (C=O) groups excluding carboxylic acids is 1. The smallest absolute Gasteiger partial charge is 0.277 e. The van der Waals surface area contributed by atoms with Gasteiger partial charge in [-0.15, -0.1) is 0 Å². The zero-order valence-electron chi connectivity index (χ0n) is 18.1. The molecule has 0 aliphatic rings. The number of nitrogens with one attached hydrogen (secondary N) is 2. The topological polar surface area (TPSA) is 101 Å². The molecule has 0 aliphatic heterocycles. The predicted octanol–water partition coefficient (Wildman–Crippen LogP) is 4.47. The number of hydrazone groups is 1. The van der Waals surface area contributed by atoms with E-state index in [1.807, 2.05) is 19.1 Å². The zero-order chi connectivity index (χ0) is 22.8. The second-order valence-electron chi connectivity index (χ2n) is 7.45. The molecule has 162 valence electrons. The Morgan fingerprint density at radius 2 is 1.68 bits per heavy atom. The minimum Gasteiger partial charge on any atom is -0.469 e. The van der Waals surface area contributed by atoms with Gasteiger partial charge in [0.1, 0.15) is 5.76 Å². The number of furan rings is 1. The second kappa shape index (κ2) is 8.77. The van der Waals surface area contributed by atoms with Crippen LogP contribution in [0.1, 0.15) is 45.3 Å². The summed E-state index contributed by atoms with van der Waals surface area (Å²) in [6, 6.07) is 12.3. The maximum absolute atomic E-state index is 12.8. The molecule has 31 heavy (non-hydrogen) atoms. The van der Waals surface area contributed by atoms with Gasteiger partial charge in [-0.05, 0) is 69.5 Å². The van der Waals surface area contributed by atoms with Gasteiger partial charge in [0.15, 0.2) is 0 Å². The maximum atomic E-state index is 12.8. The van der Waals surface area contributed by atoms with Crippen molar-refractivity contribution < 1.29 is 17.6 Å². The molecule has 0 atom stereocenters. The Bertz CT molecular complexity index is 1250. The van der Waals surface area contributed by atoms with Gasteiger partial charge in [0, 0.05) is 5.69 Å². The molecule has 0 fully saturated rings. The Balaban J connectivity index is 1.80. The van der Waals surface area contributed by atoms with E-state index in [0.717, 1.165) is 5.56 Å². The average Bonchev–Trinajstić information content (AvgIpc) is 3.11. The van der Waals surface area contributed by atoms with Crippen molar-refractivity contribution in [1.29, 1.82) is 0 Å². The molecule has 0 unspecified atom stereocenters. The highest BCUT2D eigenvalue weighted by Crippen LogP contribution is 2.22. The number of aryl methyl sites for hydroxylation is 4. The van der Waals surface area contributed by atoms with Crippen LogP contribution in [0, 0.1) is 27.7 Å². The van der Waals surface area contributed by atoms with Crippen molar-refractivity contribution in [3.63, 3.8) is 0 Å². The van der Waals surface area contributed by atoms with Crippen LogP contribution in [0.3, 0.4) is 0 Å². The maximum Gasteiger partial charge on any atom is 0.277 e. The molecule has 1 heterocycles. The molecule has 0 saturated heterocycles. The van der Waals surface area contributed by atoms with E-state index < -0.39 is 10.0 Å². The van der Waals surface area contributed by atoms with E-state index in [9.17, 15) is 13.2 Å². The molecule has 2 aromatic carbocycles. The molecule has 3 aromatic rings. The number of benzene rings is 2. The van der Waals surface area contributed by atoms with Crippen molar-refractivity contribution in [1.82, 2.24) is 4.83 Å². The lowest BCUT2D eigenvalue weighted by Gasteiger charge is -2.12. The SMILES string of the molecule is C/C(=N\NS(=O)(=O)c1c(C)cc(C)cc1C)c1cccc(NC(=O)c2ccoc2C)c1. The van der Waals surface area contributed by atoms with Crippen molar-refractivity contribution in [2.24, 2.45) is 5.10 Å². The molecule has 0 saturated carbocycles. The van der Waals surface area contributed by atoms with Gasteiger partial charge in [-0.2, -0.15) is 18.4 Å². The van der Waals surface area contributed by atoms with E-state index in [1.54, 1.807) is 58.0 Å². The van der Waals surface area contributed by atoms with E-state index in [1.165, 1.54) is 6.26 Å². The number of hydrogen-bond acceptors (Lipinski definition) is 5. The lowest BCUT2D eigenvalue weighted by Crippen LogP contribution is -2.22. The first-order valence-electron chi connectivity index (χ1n) is 9.68. The number of anilines is 1. The molecule has 8 heteroatoms. The minimum absolute atomic E-state index is 0.228. The van der Waals surface area contributed by atoms with Crippen LogP contribution in [0.4, 0.5) is 5.69 Å². The molecular formula is C23H25N3O4S. The Kier molecular flexibility index (Phi) is 6.31. The third-order valence-corrected chi connectivity index (χ3v) is 6.36. The van der Waals surface area contributed by atoms with Crippen molar-refractivity contribution >= 4 is 27.3 Å². The molecule has 0 bridgehead atoms. The number of hydrogen-bond donors (Lipinski definition) is 2. The van der Waals surface area contributed by atoms with Crippen molar-refractivity contribution in [3.8, 4) is 0 Å². The standard InChI is InChI=1S/C23H25N3O4S/c1-14-11-15(2)22(16(3)12-14)31(28,29)26-25-17(4)19-7-6-8-20(13-19)24-23(27)21-9-10-30-18(21)5/h6-13,26H,1-5H3,(H,24,27)/b25-17+. The molecule has 1 amide bonds. The second-order valence-corrected chi connectivity index (χ2v) is 9.04. The number of rotatable bonds is 6. The fourth-order valence-electron chi connectivity index (χ4n) is 3.47. The summed E-state index contributed by atoms with van der Waals surface area (Å²) in [6.07, 6.45) is 1.46. The first-order valence-corrected chi connectivity index (χ1v) is 11.2. The van der Waals surface area contributed by atoms with E-state index in [0.29, 0.717) is 39.4 Å². The molecule has 7 nitrogen and oxygen atoms in total. The Labute approximate surface area is 182 Å². The van der Waals surface area contributed by atoms with Gasteiger partial charge in [-0.3, -0.25) is 4.79 Å². The Hall–Kier alpha value is -3.39. The fraction of sp³-hybridized carbons (Fsp3) is 0.217. The van der Waals surface area contributed by atoms with Crippen LogP contribution in [-0.4, -0.2) is 20.0 Å². The summed E-state index contributed by atoms with van der Waals surface area (Å²) in [7, 11) is -3.82. The first-order chi connectivity index (χ1) is 14.6. The monoisotopic (exact) mass is 439 g/mol. The lowest BCUT2D eigenvalue weighted by molar-refractivity contribution is 0.102. The van der Waals surface area contributed by atoms with Crippen LogP contribution in [0.5, 0.6) is 0 Å². The van der Waals surface area contributed by atoms with Crippen LogP contribution >= 0.6 is 0 Å². The highest BCUT2D eigenvalue weighted by atomic mass is 32.2. The fourth-order valence-corrected chi connectivity index (χ4v) is 4.78. The van der Waals surface area contributed by atoms with Crippen molar-refractivity contribution in [3.05, 3.63) is 82.3 Å². The summed E-state index contributed by atoms with van der Waals surface area (Å²) in [5.74, 6) is 0.242. The van der Waals surface area contributed by atoms with Crippen LogP contribution in [0.25, 0.3) is 0 Å². The summed E-state index contributed by atoms with van der Waals surface area (Å²) in [6.45, 7) is 8.86. The largest absolute Gasteiger partial charge is 0.469 e. The highest BCUT2D eigenvalue weighted by Gasteiger charge is 2.19. The predicted molar refractivity (Wildman–Crippen MR) is 121 cm³/mol. The molecule has 0 radical (unpaired) electrons. The molecule has 0 spiro atoms. The molecular weight excluding hydrogens is 414 g/mol. The van der Waals surface area contributed by atoms with Gasteiger partial charge in [-0.25, -0.2) is 0 Å². The van der Waals surface area contributed by atoms with Gasteiger partial charge >= 0.3 is 0 Å². The Morgan fingerprint density at radius 1 is 1.00 bits per heavy atom. The van der Waals surface area contributed by atoms with E-state index in [2.05, 4.69) is 15.2 Å².